The predicted octanol–water partition coefficient (Wildman–Crippen LogP) is 3.57. The van der Waals surface area contributed by atoms with Gasteiger partial charge in [-0.3, -0.25) is 14.7 Å². The van der Waals surface area contributed by atoms with E-state index >= 15 is 0 Å². The van der Waals surface area contributed by atoms with Crippen molar-refractivity contribution >= 4 is 40.0 Å². The summed E-state index contributed by atoms with van der Waals surface area (Å²) in [5, 5.41) is 12.4. The van der Waals surface area contributed by atoms with Crippen LogP contribution < -0.4 is 15.4 Å². The Bertz CT molecular complexity index is 1020. The number of carbonyl (C=O) groups is 2. The molecule has 1 heterocycles. The molecule has 28 heavy (non-hydrogen) atoms. The molecular formula is C18H15ClF2N4O3. The zero-order valence-corrected chi connectivity index (χ0v) is 15.3. The van der Waals surface area contributed by atoms with E-state index in [1.54, 1.807) is 24.3 Å². The normalized spacial score (nSPS) is 12.0. The SMILES string of the molecule is CC(NC(=O)c1n[nH]c2ccccc12)C(=O)Nc1ccc(OC(F)F)c(Cl)c1. The van der Waals surface area contributed by atoms with Crippen LogP contribution in [0.1, 0.15) is 17.4 Å². The number of carbonyl (C=O) groups excluding carboxylic acids is 2. The minimum Gasteiger partial charge on any atom is -0.433 e. The molecule has 0 radical (unpaired) electrons. The van der Waals surface area contributed by atoms with Crippen LogP contribution in [0.3, 0.4) is 0 Å². The van der Waals surface area contributed by atoms with Gasteiger partial charge in [-0.25, -0.2) is 0 Å². The van der Waals surface area contributed by atoms with Gasteiger partial charge < -0.3 is 15.4 Å². The lowest BCUT2D eigenvalue weighted by Crippen LogP contribution is -2.41. The van der Waals surface area contributed by atoms with Crippen LogP contribution in [0.2, 0.25) is 5.02 Å². The number of H-pyrrole nitrogens is 1. The molecule has 1 unspecified atom stereocenters. The van der Waals surface area contributed by atoms with Gasteiger partial charge in [0.15, 0.2) is 5.69 Å². The molecule has 146 valence electrons. The van der Waals surface area contributed by atoms with Gasteiger partial charge in [0.05, 0.1) is 10.5 Å². The molecule has 0 aliphatic carbocycles. The molecule has 2 amide bonds. The molecule has 1 aromatic heterocycles. The minimum atomic E-state index is -3.01. The lowest BCUT2D eigenvalue weighted by atomic mass is 10.2. The number of rotatable bonds is 6. The lowest BCUT2D eigenvalue weighted by molar-refractivity contribution is -0.117. The van der Waals surface area contributed by atoms with Crippen LogP contribution in [0.5, 0.6) is 5.75 Å². The van der Waals surface area contributed by atoms with Crippen molar-refractivity contribution in [2.24, 2.45) is 0 Å². The van der Waals surface area contributed by atoms with Gasteiger partial charge in [0, 0.05) is 11.1 Å². The number of fused-ring (bicyclic) bond motifs is 1. The summed E-state index contributed by atoms with van der Waals surface area (Å²) in [6, 6.07) is 10.0. The van der Waals surface area contributed by atoms with E-state index < -0.39 is 24.5 Å². The van der Waals surface area contributed by atoms with Gasteiger partial charge in [-0.1, -0.05) is 29.8 Å². The Hall–Kier alpha value is -3.20. The average molecular weight is 409 g/mol. The van der Waals surface area contributed by atoms with E-state index in [9.17, 15) is 18.4 Å². The number of ether oxygens (including phenoxy) is 1. The van der Waals surface area contributed by atoms with E-state index in [1.165, 1.54) is 25.1 Å². The highest BCUT2D eigenvalue weighted by molar-refractivity contribution is 6.32. The summed E-state index contributed by atoms with van der Waals surface area (Å²) in [7, 11) is 0. The Morgan fingerprint density at radius 3 is 2.68 bits per heavy atom. The van der Waals surface area contributed by atoms with Crippen molar-refractivity contribution in [1.82, 2.24) is 15.5 Å². The number of para-hydroxylation sites is 1. The third kappa shape index (κ3) is 4.37. The molecule has 0 bridgehead atoms. The molecule has 0 aliphatic heterocycles. The van der Waals surface area contributed by atoms with Crippen LogP contribution in [-0.4, -0.2) is 34.7 Å². The van der Waals surface area contributed by atoms with Gasteiger partial charge in [0.25, 0.3) is 5.91 Å². The number of aromatic amines is 1. The van der Waals surface area contributed by atoms with Crippen LogP contribution in [0.15, 0.2) is 42.5 Å². The van der Waals surface area contributed by atoms with Crippen molar-refractivity contribution in [3.8, 4) is 5.75 Å². The number of alkyl halides is 2. The summed E-state index contributed by atoms with van der Waals surface area (Å²) in [4.78, 5) is 24.7. The summed E-state index contributed by atoms with van der Waals surface area (Å²) in [6.45, 7) is -1.51. The van der Waals surface area contributed by atoms with E-state index in [4.69, 9.17) is 11.6 Å². The van der Waals surface area contributed by atoms with Crippen LogP contribution in [0.4, 0.5) is 14.5 Å². The standard InChI is InChI=1S/C18H15ClF2N4O3/c1-9(22-17(27)15-11-4-2-3-5-13(11)24-25-15)16(26)23-10-6-7-14(12(19)8-10)28-18(20)21/h2-9,18H,1H3,(H,22,27)(H,23,26)(H,24,25). The van der Waals surface area contributed by atoms with Crippen LogP contribution in [-0.2, 0) is 4.79 Å². The number of halogens is 3. The summed E-state index contributed by atoms with van der Waals surface area (Å²) in [6.07, 6.45) is 0. The largest absolute Gasteiger partial charge is 0.433 e. The molecule has 0 saturated carbocycles. The maximum atomic E-state index is 12.4. The van der Waals surface area contributed by atoms with Crippen LogP contribution in [0.25, 0.3) is 10.9 Å². The second kappa shape index (κ2) is 8.22. The quantitative estimate of drug-likeness (QED) is 0.581. The maximum Gasteiger partial charge on any atom is 0.387 e. The van der Waals surface area contributed by atoms with E-state index in [2.05, 4.69) is 25.6 Å². The predicted molar refractivity (Wildman–Crippen MR) is 99.7 cm³/mol. The van der Waals surface area contributed by atoms with Gasteiger partial charge in [-0.15, -0.1) is 0 Å². The van der Waals surface area contributed by atoms with Crippen molar-refractivity contribution in [2.75, 3.05) is 5.32 Å². The Labute approximate surface area is 163 Å². The molecule has 0 saturated heterocycles. The molecule has 1 atom stereocenters. The van der Waals surface area contributed by atoms with E-state index in [-0.39, 0.29) is 22.2 Å². The molecule has 7 nitrogen and oxygen atoms in total. The molecule has 10 heteroatoms. The Morgan fingerprint density at radius 1 is 1.21 bits per heavy atom. The van der Waals surface area contributed by atoms with Gasteiger partial charge in [-0.2, -0.15) is 13.9 Å². The van der Waals surface area contributed by atoms with Crippen molar-refractivity contribution in [1.29, 1.82) is 0 Å². The highest BCUT2D eigenvalue weighted by Crippen LogP contribution is 2.29. The Kier molecular flexibility index (Phi) is 5.74. The zero-order valence-electron chi connectivity index (χ0n) is 14.5. The first kappa shape index (κ1) is 19.6. The average Bonchev–Trinajstić information content (AvgIpc) is 3.08. The van der Waals surface area contributed by atoms with Crippen LogP contribution >= 0.6 is 11.6 Å². The van der Waals surface area contributed by atoms with Gasteiger partial charge in [0.2, 0.25) is 5.91 Å². The fourth-order valence-electron chi connectivity index (χ4n) is 2.49. The fourth-order valence-corrected chi connectivity index (χ4v) is 2.71. The van der Waals surface area contributed by atoms with E-state index in [0.717, 1.165) is 0 Å². The highest BCUT2D eigenvalue weighted by Gasteiger charge is 2.20. The lowest BCUT2D eigenvalue weighted by Gasteiger charge is -2.14. The molecule has 0 aliphatic rings. The van der Waals surface area contributed by atoms with Gasteiger partial charge in [-0.05, 0) is 31.2 Å². The van der Waals surface area contributed by atoms with Crippen LogP contribution in [0, 0.1) is 0 Å². The maximum absolute atomic E-state index is 12.4. The first-order chi connectivity index (χ1) is 13.3. The Balaban J connectivity index is 1.64. The minimum absolute atomic E-state index is 0.0854. The number of nitrogens with zero attached hydrogens (tertiary/aromatic N) is 1. The third-order valence-corrected chi connectivity index (χ3v) is 4.14. The molecule has 3 N–H and O–H groups in total. The van der Waals surface area contributed by atoms with Gasteiger partial charge in [0.1, 0.15) is 11.8 Å². The first-order valence-corrected chi connectivity index (χ1v) is 8.52. The highest BCUT2D eigenvalue weighted by atomic mass is 35.5. The van der Waals surface area contributed by atoms with E-state index in [0.29, 0.717) is 10.9 Å². The van der Waals surface area contributed by atoms with E-state index in [1.807, 2.05) is 0 Å². The summed E-state index contributed by atoms with van der Waals surface area (Å²) >= 11 is 5.85. The summed E-state index contributed by atoms with van der Waals surface area (Å²) in [5.41, 5.74) is 1.14. The number of anilines is 1. The Morgan fingerprint density at radius 2 is 1.96 bits per heavy atom. The molecule has 2 aromatic carbocycles. The van der Waals surface area contributed by atoms with Crippen molar-refractivity contribution in [3.63, 3.8) is 0 Å². The second-order valence-electron chi connectivity index (χ2n) is 5.83. The first-order valence-electron chi connectivity index (χ1n) is 8.14. The molecule has 0 fully saturated rings. The third-order valence-electron chi connectivity index (χ3n) is 3.84. The monoisotopic (exact) mass is 408 g/mol. The number of benzene rings is 2. The second-order valence-corrected chi connectivity index (χ2v) is 6.23. The molecule has 3 rings (SSSR count). The zero-order chi connectivity index (χ0) is 20.3. The molecular weight excluding hydrogens is 394 g/mol. The van der Waals surface area contributed by atoms with Gasteiger partial charge >= 0.3 is 6.61 Å². The number of nitrogens with one attached hydrogen (secondary N) is 3. The summed E-state index contributed by atoms with van der Waals surface area (Å²) < 4.78 is 28.7. The fraction of sp³-hybridized carbons (Fsp3) is 0.167. The topological polar surface area (TPSA) is 96.1 Å². The molecule has 0 spiro atoms. The number of aromatic nitrogens is 2. The van der Waals surface area contributed by atoms with Crippen molar-refractivity contribution < 1.29 is 23.1 Å². The van der Waals surface area contributed by atoms with Crippen molar-refractivity contribution in [3.05, 3.63) is 53.2 Å². The van der Waals surface area contributed by atoms with Crippen molar-refractivity contribution in [2.45, 2.75) is 19.6 Å². The smallest absolute Gasteiger partial charge is 0.387 e. The number of amides is 2. The number of hydrogen-bond acceptors (Lipinski definition) is 4. The number of hydrogen-bond donors (Lipinski definition) is 3. The molecule has 3 aromatic rings. The summed E-state index contributed by atoms with van der Waals surface area (Å²) in [5.74, 6) is -1.24.